The third-order valence-electron chi connectivity index (χ3n) is 5.46. The number of nitrogens with one attached hydrogen (secondary N) is 2. The van der Waals surface area contributed by atoms with Gasteiger partial charge in [-0.1, -0.05) is 38.1 Å². The summed E-state index contributed by atoms with van der Waals surface area (Å²) in [5.41, 5.74) is 1.89. The summed E-state index contributed by atoms with van der Waals surface area (Å²) in [6.45, 7) is 8.43. The highest BCUT2D eigenvalue weighted by Crippen LogP contribution is 2.23. The Bertz CT molecular complexity index is 989. The third kappa shape index (κ3) is 6.92. The minimum Gasteiger partial charge on any atom is -0.359 e. The number of guanidine groups is 1. The predicted molar refractivity (Wildman–Crippen MR) is 137 cm³/mol. The highest BCUT2D eigenvalue weighted by atomic mass is 127. The summed E-state index contributed by atoms with van der Waals surface area (Å²) in [4.78, 5) is 4.56. The molecule has 0 amide bonds. The van der Waals surface area contributed by atoms with Gasteiger partial charge in [-0.25, -0.2) is 8.42 Å². The Balaban J connectivity index is 0.00000363. The molecule has 178 valence electrons. The maximum atomic E-state index is 12.9. The van der Waals surface area contributed by atoms with Crippen molar-refractivity contribution < 1.29 is 12.9 Å². The Morgan fingerprint density at radius 2 is 1.94 bits per heavy atom. The lowest BCUT2D eigenvalue weighted by atomic mass is 10.0. The fourth-order valence-corrected chi connectivity index (χ4v) is 5.15. The molecule has 0 radical (unpaired) electrons. The van der Waals surface area contributed by atoms with Crippen LogP contribution < -0.4 is 10.6 Å². The normalized spacial score (nSPS) is 17.8. The number of rotatable bonds is 7. The fourth-order valence-electron chi connectivity index (χ4n) is 3.55. The van der Waals surface area contributed by atoms with Gasteiger partial charge in [-0.15, -0.1) is 24.0 Å². The van der Waals surface area contributed by atoms with Gasteiger partial charge in [0.05, 0.1) is 17.1 Å². The van der Waals surface area contributed by atoms with Gasteiger partial charge in [0.25, 0.3) is 0 Å². The monoisotopic (exact) mass is 575 g/mol. The highest BCUT2D eigenvalue weighted by molar-refractivity contribution is 14.0. The highest BCUT2D eigenvalue weighted by Gasteiger charge is 2.28. The lowest BCUT2D eigenvalue weighted by Gasteiger charge is -2.30. The van der Waals surface area contributed by atoms with Crippen molar-refractivity contribution in [3.05, 3.63) is 47.3 Å². The van der Waals surface area contributed by atoms with Crippen LogP contribution in [0.4, 0.5) is 0 Å². The van der Waals surface area contributed by atoms with Gasteiger partial charge in [0.2, 0.25) is 10.0 Å². The minimum absolute atomic E-state index is 0. The molecular weight excluding hydrogens is 541 g/mol. The zero-order valence-corrected chi connectivity index (χ0v) is 22.3. The molecule has 8 nitrogen and oxygen atoms in total. The van der Waals surface area contributed by atoms with Gasteiger partial charge < -0.3 is 15.2 Å². The molecule has 0 saturated carbocycles. The molecule has 10 heteroatoms. The van der Waals surface area contributed by atoms with Gasteiger partial charge in [0, 0.05) is 32.7 Å². The van der Waals surface area contributed by atoms with E-state index >= 15 is 0 Å². The smallest absolute Gasteiger partial charge is 0.243 e. The maximum Gasteiger partial charge on any atom is 0.243 e. The van der Waals surface area contributed by atoms with Crippen molar-refractivity contribution in [2.75, 3.05) is 20.1 Å². The fraction of sp³-hybridized carbons (Fsp3) is 0.545. The van der Waals surface area contributed by atoms with Gasteiger partial charge >= 0.3 is 0 Å². The molecule has 1 saturated heterocycles. The molecule has 1 aromatic carbocycles. The second-order valence-electron chi connectivity index (χ2n) is 8.41. The molecule has 1 fully saturated rings. The molecule has 2 heterocycles. The topological polar surface area (TPSA) is 99.8 Å². The van der Waals surface area contributed by atoms with Crippen molar-refractivity contribution in [2.45, 2.75) is 57.5 Å². The maximum absolute atomic E-state index is 12.9. The number of nitrogens with zero attached hydrogens (tertiary/aromatic N) is 3. The van der Waals surface area contributed by atoms with Crippen molar-refractivity contribution in [2.24, 2.45) is 10.9 Å². The van der Waals surface area contributed by atoms with Gasteiger partial charge in [0.1, 0.15) is 0 Å². The van der Waals surface area contributed by atoms with Crippen molar-refractivity contribution in [1.29, 1.82) is 0 Å². The summed E-state index contributed by atoms with van der Waals surface area (Å²) in [5.74, 6) is 2.09. The molecule has 1 atom stereocenters. The summed E-state index contributed by atoms with van der Waals surface area (Å²) in [6, 6.07) is 8.98. The Morgan fingerprint density at radius 3 is 2.53 bits per heavy atom. The van der Waals surface area contributed by atoms with E-state index in [1.54, 1.807) is 23.5 Å². The number of sulfonamides is 1. The first-order valence-corrected chi connectivity index (χ1v) is 12.2. The first-order chi connectivity index (χ1) is 14.8. The zero-order chi connectivity index (χ0) is 22.4. The lowest BCUT2D eigenvalue weighted by Crippen LogP contribution is -2.39. The minimum atomic E-state index is -3.43. The van der Waals surface area contributed by atoms with Crippen LogP contribution in [0.15, 0.2) is 44.7 Å². The molecule has 32 heavy (non-hydrogen) atoms. The van der Waals surface area contributed by atoms with Crippen molar-refractivity contribution >= 4 is 40.0 Å². The Morgan fingerprint density at radius 1 is 1.25 bits per heavy atom. The number of halogens is 1. The van der Waals surface area contributed by atoms with Gasteiger partial charge in [-0.3, -0.25) is 4.99 Å². The predicted octanol–water partition coefficient (Wildman–Crippen LogP) is 3.70. The number of piperidine rings is 1. The van der Waals surface area contributed by atoms with Crippen molar-refractivity contribution in [3.63, 3.8) is 0 Å². The second-order valence-corrected chi connectivity index (χ2v) is 10.3. The molecule has 2 aromatic rings. The summed E-state index contributed by atoms with van der Waals surface area (Å²) in [6.07, 6.45) is 2.00. The summed E-state index contributed by atoms with van der Waals surface area (Å²) < 4.78 is 32.7. The van der Waals surface area contributed by atoms with Crippen LogP contribution in [-0.4, -0.2) is 44.0 Å². The number of hydrogen-bond acceptors (Lipinski definition) is 5. The van der Waals surface area contributed by atoms with E-state index in [0.717, 1.165) is 29.9 Å². The quantitative estimate of drug-likeness (QED) is 0.297. The summed E-state index contributed by atoms with van der Waals surface area (Å²) in [5, 5.41) is 10.5. The molecule has 1 unspecified atom stereocenters. The number of aliphatic imine (C=N–C) groups is 1. The molecule has 3 rings (SSSR count). The molecular formula is C22H34IN5O3S. The molecule has 0 aliphatic carbocycles. The summed E-state index contributed by atoms with van der Waals surface area (Å²) >= 11 is 0. The lowest BCUT2D eigenvalue weighted by molar-refractivity contribution is 0.281. The van der Waals surface area contributed by atoms with E-state index in [9.17, 15) is 8.42 Å². The van der Waals surface area contributed by atoms with Crippen LogP contribution in [0.1, 0.15) is 56.5 Å². The standard InChI is InChI=1S/C22H33N5O3S.HI/c1-16(2)21-12-19(30-26-21)14-25-22(23-4)24-13-18-7-9-20(10-8-18)31(28,29)27-11-5-6-17(3)15-27;/h7-10,12,16-17H,5-6,11,13-15H2,1-4H3,(H2,23,24,25);1H. The van der Waals surface area contributed by atoms with E-state index in [4.69, 9.17) is 4.52 Å². The molecule has 1 aliphatic rings. The van der Waals surface area contributed by atoms with Crippen LogP contribution in [-0.2, 0) is 23.1 Å². The van der Waals surface area contributed by atoms with Crippen molar-refractivity contribution in [1.82, 2.24) is 20.1 Å². The SMILES string of the molecule is CN=C(NCc1ccc(S(=O)(=O)N2CCCC(C)C2)cc1)NCc1cc(C(C)C)no1.I. The zero-order valence-electron chi connectivity index (χ0n) is 19.2. The van der Waals surface area contributed by atoms with Crippen LogP contribution in [0, 0.1) is 5.92 Å². The van der Waals surface area contributed by atoms with E-state index in [1.807, 2.05) is 18.2 Å². The largest absolute Gasteiger partial charge is 0.359 e. The first-order valence-electron chi connectivity index (χ1n) is 10.8. The van der Waals surface area contributed by atoms with E-state index in [2.05, 4.69) is 41.6 Å². The van der Waals surface area contributed by atoms with Crippen LogP contribution >= 0.6 is 24.0 Å². The Labute approximate surface area is 208 Å². The van der Waals surface area contributed by atoms with Gasteiger partial charge in [-0.2, -0.15) is 4.31 Å². The molecule has 1 aliphatic heterocycles. The van der Waals surface area contributed by atoms with Crippen LogP contribution in [0.3, 0.4) is 0 Å². The Kier molecular flexibility index (Phi) is 9.96. The third-order valence-corrected chi connectivity index (χ3v) is 7.34. The Hall–Kier alpha value is -1.66. The van der Waals surface area contributed by atoms with E-state index in [1.165, 1.54) is 0 Å². The second kappa shape index (κ2) is 12.0. The molecule has 1 aromatic heterocycles. The molecule has 0 spiro atoms. The van der Waals surface area contributed by atoms with Crippen molar-refractivity contribution in [3.8, 4) is 0 Å². The number of aromatic nitrogens is 1. The number of hydrogen-bond donors (Lipinski definition) is 2. The van der Waals surface area contributed by atoms with Crippen LogP contribution in [0.5, 0.6) is 0 Å². The van der Waals surface area contributed by atoms with Crippen LogP contribution in [0.25, 0.3) is 0 Å². The first kappa shape index (κ1) is 26.6. The average molecular weight is 576 g/mol. The number of benzene rings is 1. The molecule has 2 N–H and O–H groups in total. The van der Waals surface area contributed by atoms with E-state index < -0.39 is 10.0 Å². The summed E-state index contributed by atoms with van der Waals surface area (Å²) in [7, 11) is -1.73. The van der Waals surface area contributed by atoms with E-state index in [-0.39, 0.29) is 24.0 Å². The van der Waals surface area contributed by atoms with Crippen LogP contribution in [0.2, 0.25) is 0 Å². The molecule has 0 bridgehead atoms. The van der Waals surface area contributed by atoms with E-state index in [0.29, 0.717) is 48.9 Å². The van der Waals surface area contributed by atoms with Gasteiger partial charge in [0.15, 0.2) is 11.7 Å². The average Bonchev–Trinajstić information content (AvgIpc) is 3.24. The van der Waals surface area contributed by atoms with Gasteiger partial charge in [-0.05, 0) is 42.4 Å².